The average molecular weight is 298 g/mol. The predicted octanol–water partition coefficient (Wildman–Crippen LogP) is 3.69. The number of rotatable bonds is 6. The van der Waals surface area contributed by atoms with Crippen molar-refractivity contribution in [3.63, 3.8) is 0 Å². The van der Waals surface area contributed by atoms with Crippen LogP contribution in [0.1, 0.15) is 31.1 Å². The van der Waals surface area contributed by atoms with Gasteiger partial charge in [0.25, 0.3) is 0 Å². The van der Waals surface area contributed by atoms with Gasteiger partial charge in [0.15, 0.2) is 5.82 Å². The molecule has 19 heavy (non-hydrogen) atoms. The van der Waals surface area contributed by atoms with E-state index >= 15 is 0 Å². The van der Waals surface area contributed by atoms with Crippen LogP contribution in [0, 0.1) is 0 Å². The van der Waals surface area contributed by atoms with E-state index in [1.54, 1.807) is 11.8 Å². The van der Waals surface area contributed by atoms with Gasteiger partial charge in [0.05, 0.1) is 11.8 Å². The van der Waals surface area contributed by atoms with E-state index in [4.69, 9.17) is 16.1 Å². The van der Waals surface area contributed by atoms with Crippen molar-refractivity contribution >= 4 is 23.4 Å². The fourth-order valence-corrected chi connectivity index (χ4v) is 2.73. The maximum Gasteiger partial charge on any atom is 0.243 e. The van der Waals surface area contributed by atoms with Crippen LogP contribution in [0.2, 0.25) is 5.02 Å². The number of nitrogens with one attached hydrogen (secondary N) is 1. The molecular formula is C13H16ClN3OS. The van der Waals surface area contributed by atoms with Crippen molar-refractivity contribution in [1.82, 2.24) is 15.5 Å². The molecule has 0 aliphatic rings. The fourth-order valence-electron chi connectivity index (χ4n) is 1.67. The molecule has 4 nitrogen and oxygen atoms in total. The number of aromatic nitrogens is 2. The summed E-state index contributed by atoms with van der Waals surface area (Å²) in [5.74, 6) is 2.02. The summed E-state index contributed by atoms with van der Waals surface area (Å²) in [5, 5.41) is 7.87. The van der Waals surface area contributed by atoms with Crippen molar-refractivity contribution in [1.29, 1.82) is 0 Å². The van der Waals surface area contributed by atoms with Gasteiger partial charge in [-0.15, -0.1) is 11.8 Å². The molecule has 0 spiro atoms. The molecule has 0 fully saturated rings. The highest BCUT2D eigenvalue weighted by molar-refractivity contribution is 7.98. The minimum Gasteiger partial charge on any atom is -0.338 e. The number of nitrogens with zero attached hydrogens (tertiary/aromatic N) is 2. The molecule has 6 heteroatoms. The van der Waals surface area contributed by atoms with Crippen LogP contribution in [0.4, 0.5) is 0 Å². The van der Waals surface area contributed by atoms with Crippen LogP contribution < -0.4 is 5.32 Å². The molecule has 0 saturated carbocycles. The van der Waals surface area contributed by atoms with Crippen molar-refractivity contribution in [3.05, 3.63) is 41.0 Å². The van der Waals surface area contributed by atoms with Gasteiger partial charge >= 0.3 is 0 Å². The molecule has 0 radical (unpaired) electrons. The minimum atomic E-state index is 0.123. The monoisotopic (exact) mass is 297 g/mol. The molecule has 1 N–H and O–H groups in total. The minimum absolute atomic E-state index is 0.123. The third kappa shape index (κ3) is 3.96. The van der Waals surface area contributed by atoms with Crippen LogP contribution in [0.25, 0.3) is 0 Å². The van der Waals surface area contributed by atoms with E-state index < -0.39 is 0 Å². The van der Waals surface area contributed by atoms with Gasteiger partial charge in [-0.2, -0.15) is 4.98 Å². The van der Waals surface area contributed by atoms with Gasteiger partial charge in [-0.25, -0.2) is 0 Å². The number of benzene rings is 1. The molecule has 0 bridgehead atoms. The van der Waals surface area contributed by atoms with Gasteiger partial charge in [0.2, 0.25) is 5.89 Å². The van der Waals surface area contributed by atoms with Crippen molar-refractivity contribution in [3.8, 4) is 0 Å². The molecule has 0 amide bonds. The average Bonchev–Trinajstić information content (AvgIpc) is 2.87. The SMILES string of the molecule is CCC(NC)c1nc(CSc2cccc(Cl)c2)no1. The molecule has 1 heterocycles. The number of thioether (sulfide) groups is 1. The Hall–Kier alpha value is -1.04. The molecule has 1 atom stereocenters. The van der Waals surface area contributed by atoms with E-state index in [1.165, 1.54) is 0 Å². The highest BCUT2D eigenvalue weighted by atomic mass is 35.5. The summed E-state index contributed by atoms with van der Waals surface area (Å²) in [5.41, 5.74) is 0. The topological polar surface area (TPSA) is 51.0 Å². The molecular weight excluding hydrogens is 282 g/mol. The summed E-state index contributed by atoms with van der Waals surface area (Å²) in [6.07, 6.45) is 0.916. The molecule has 2 rings (SSSR count). The summed E-state index contributed by atoms with van der Waals surface area (Å²) in [6.45, 7) is 2.08. The van der Waals surface area contributed by atoms with Crippen LogP contribution in [0.15, 0.2) is 33.7 Å². The molecule has 0 saturated heterocycles. The normalized spacial score (nSPS) is 12.6. The Bertz CT molecular complexity index is 528. The quantitative estimate of drug-likeness (QED) is 0.824. The predicted molar refractivity (Wildman–Crippen MR) is 77.4 cm³/mol. The zero-order valence-corrected chi connectivity index (χ0v) is 12.5. The van der Waals surface area contributed by atoms with Gasteiger partial charge in [-0.3, -0.25) is 0 Å². The van der Waals surface area contributed by atoms with Crippen LogP contribution in [-0.2, 0) is 5.75 Å². The van der Waals surface area contributed by atoms with Crippen LogP contribution in [0.5, 0.6) is 0 Å². The van der Waals surface area contributed by atoms with Gasteiger partial charge in [-0.1, -0.05) is 29.7 Å². The van der Waals surface area contributed by atoms with Gasteiger partial charge < -0.3 is 9.84 Å². The highest BCUT2D eigenvalue weighted by Crippen LogP contribution is 2.24. The largest absolute Gasteiger partial charge is 0.338 e. The molecule has 0 aliphatic heterocycles. The molecule has 1 aromatic carbocycles. The Morgan fingerprint density at radius 1 is 1.47 bits per heavy atom. The first-order chi connectivity index (χ1) is 9.22. The third-order valence-electron chi connectivity index (χ3n) is 2.70. The van der Waals surface area contributed by atoms with Gasteiger partial charge in [0, 0.05) is 9.92 Å². The van der Waals surface area contributed by atoms with Gasteiger partial charge in [0.1, 0.15) is 0 Å². The van der Waals surface area contributed by atoms with Crippen LogP contribution in [-0.4, -0.2) is 17.2 Å². The Balaban J connectivity index is 1.97. The Morgan fingerprint density at radius 2 is 2.32 bits per heavy atom. The van der Waals surface area contributed by atoms with Crippen LogP contribution in [0.3, 0.4) is 0 Å². The summed E-state index contributed by atoms with van der Waals surface area (Å²) >= 11 is 7.58. The van der Waals surface area contributed by atoms with Crippen molar-refractivity contribution < 1.29 is 4.52 Å². The first kappa shape index (κ1) is 14.4. The van der Waals surface area contributed by atoms with Crippen LogP contribution >= 0.6 is 23.4 Å². The summed E-state index contributed by atoms with van der Waals surface area (Å²) in [4.78, 5) is 5.49. The lowest BCUT2D eigenvalue weighted by atomic mass is 10.2. The van der Waals surface area contributed by atoms with Gasteiger partial charge in [-0.05, 0) is 31.7 Å². The molecule has 102 valence electrons. The van der Waals surface area contributed by atoms with Crippen molar-refractivity contribution in [2.75, 3.05) is 7.05 Å². The van der Waals surface area contributed by atoms with E-state index in [2.05, 4.69) is 22.4 Å². The maximum absolute atomic E-state index is 5.94. The van der Waals surface area contributed by atoms with Crippen molar-refractivity contribution in [2.45, 2.75) is 30.0 Å². The van der Waals surface area contributed by atoms with E-state index in [0.29, 0.717) is 17.5 Å². The second kappa shape index (κ2) is 6.93. The Morgan fingerprint density at radius 3 is 3.00 bits per heavy atom. The number of hydrogen-bond donors (Lipinski definition) is 1. The van der Waals surface area contributed by atoms with Crippen molar-refractivity contribution in [2.24, 2.45) is 0 Å². The zero-order chi connectivity index (χ0) is 13.7. The maximum atomic E-state index is 5.94. The lowest BCUT2D eigenvalue weighted by molar-refractivity contribution is 0.332. The van der Waals surface area contributed by atoms with E-state index in [0.717, 1.165) is 16.3 Å². The number of halogens is 1. The summed E-state index contributed by atoms with van der Waals surface area (Å²) in [7, 11) is 1.89. The third-order valence-corrected chi connectivity index (χ3v) is 3.93. The first-order valence-electron chi connectivity index (χ1n) is 6.11. The lowest BCUT2D eigenvalue weighted by Gasteiger charge is -2.06. The zero-order valence-electron chi connectivity index (χ0n) is 10.9. The second-order valence-electron chi connectivity index (χ2n) is 4.04. The Kier molecular flexibility index (Phi) is 5.24. The molecule has 0 aliphatic carbocycles. The Labute approximate surface area is 121 Å². The first-order valence-corrected chi connectivity index (χ1v) is 7.47. The second-order valence-corrected chi connectivity index (χ2v) is 5.53. The lowest BCUT2D eigenvalue weighted by Crippen LogP contribution is -2.15. The van der Waals surface area contributed by atoms with E-state index in [1.807, 2.05) is 31.3 Å². The van der Waals surface area contributed by atoms with E-state index in [-0.39, 0.29) is 6.04 Å². The standard InChI is InChI=1S/C13H16ClN3OS/c1-3-11(15-2)13-16-12(17-18-13)8-19-10-6-4-5-9(14)7-10/h4-7,11,15H,3,8H2,1-2H3. The highest BCUT2D eigenvalue weighted by Gasteiger charge is 2.15. The van der Waals surface area contributed by atoms with E-state index in [9.17, 15) is 0 Å². The molecule has 2 aromatic rings. The molecule has 1 aromatic heterocycles. The smallest absolute Gasteiger partial charge is 0.243 e. The number of hydrogen-bond acceptors (Lipinski definition) is 5. The molecule has 1 unspecified atom stereocenters. The summed E-state index contributed by atoms with van der Waals surface area (Å²) in [6, 6.07) is 7.85. The summed E-state index contributed by atoms with van der Waals surface area (Å²) < 4.78 is 5.26. The fraction of sp³-hybridized carbons (Fsp3) is 0.385.